The molecule has 0 saturated heterocycles. The summed E-state index contributed by atoms with van der Waals surface area (Å²) in [5.41, 5.74) is 15.5. The Bertz CT molecular complexity index is 1070. The fraction of sp³-hybridized carbons (Fsp3) is 0.333. The number of allylic oxidation sites excluding steroid dienone is 4. The van der Waals surface area contributed by atoms with Crippen molar-refractivity contribution >= 4 is 40.5 Å². The molecular formula is C24H31Cl2SiZr. The maximum absolute atomic E-state index is 2.60. The molecule has 2 aromatic rings. The normalized spacial score (nSPS) is 14.1. The molecule has 4 heteroatoms. The van der Waals surface area contributed by atoms with E-state index < -0.39 is 18.9 Å². The summed E-state index contributed by atoms with van der Waals surface area (Å²) >= 11 is -2.30. The van der Waals surface area contributed by atoms with Crippen LogP contribution in [0.5, 0.6) is 0 Å². The number of fused-ring (bicyclic) bond motifs is 3. The Morgan fingerprint density at radius 1 is 0.857 bits per heavy atom. The Morgan fingerprint density at radius 3 is 2.07 bits per heavy atom. The summed E-state index contributed by atoms with van der Waals surface area (Å²) in [4.78, 5) is 0. The van der Waals surface area contributed by atoms with Crippen molar-refractivity contribution in [2.24, 2.45) is 0 Å². The topological polar surface area (TPSA) is 0 Å². The molecular weight excluding hydrogens is 478 g/mol. The van der Waals surface area contributed by atoms with Crippen LogP contribution in [0, 0.1) is 27.7 Å². The van der Waals surface area contributed by atoms with Crippen molar-refractivity contribution in [3.05, 3.63) is 69.3 Å². The van der Waals surface area contributed by atoms with Crippen molar-refractivity contribution in [2.45, 2.75) is 49.8 Å². The van der Waals surface area contributed by atoms with E-state index in [2.05, 4.69) is 74.2 Å². The van der Waals surface area contributed by atoms with Gasteiger partial charge in [0.2, 0.25) is 0 Å². The number of halogens is 2. The first-order chi connectivity index (χ1) is 12.2. The second kappa shape index (κ2) is 8.38. The van der Waals surface area contributed by atoms with Gasteiger partial charge in [-0.15, -0.1) is 24.8 Å². The molecule has 0 nitrogen and oxygen atoms in total. The summed E-state index contributed by atoms with van der Waals surface area (Å²) < 4.78 is 7.00. The number of benzene rings is 2. The number of aryl methyl sites for hydroxylation is 1. The van der Waals surface area contributed by atoms with Crippen molar-refractivity contribution in [3.8, 4) is 11.1 Å². The van der Waals surface area contributed by atoms with Gasteiger partial charge in [0.15, 0.2) is 0 Å². The molecule has 0 radical (unpaired) electrons. The summed E-state index contributed by atoms with van der Waals surface area (Å²) in [6.45, 7) is 11.7. The quantitative estimate of drug-likeness (QED) is 0.366. The fourth-order valence-corrected chi connectivity index (χ4v) is 12.3. The minimum Gasteiger partial charge on any atom is -0.147 e. The van der Waals surface area contributed by atoms with Crippen LogP contribution in [0.1, 0.15) is 45.4 Å². The molecule has 0 spiro atoms. The SMILES string of the molecule is Cc1ccc2c(c1C)-c1c(C)c(C)c(C3=CC=CC3)[c]([Zr]([CH3])([CH3])=[SiH2])c1C2.Cl.Cl. The fourth-order valence-electron chi connectivity index (χ4n) is 4.92. The van der Waals surface area contributed by atoms with Crippen molar-refractivity contribution in [2.75, 3.05) is 0 Å². The first-order valence-electron chi connectivity index (χ1n) is 9.69. The van der Waals surface area contributed by atoms with E-state index in [0.717, 1.165) is 12.8 Å². The molecule has 2 aliphatic carbocycles. The van der Waals surface area contributed by atoms with Crippen molar-refractivity contribution in [3.63, 3.8) is 0 Å². The Balaban J connectivity index is 0.00000140. The average molecular weight is 510 g/mol. The van der Waals surface area contributed by atoms with E-state index in [1.165, 1.54) is 22.3 Å². The zero-order valence-corrected chi connectivity index (χ0v) is 23.3. The molecule has 0 aliphatic heterocycles. The third-order valence-corrected chi connectivity index (χ3v) is 13.1. The summed E-state index contributed by atoms with van der Waals surface area (Å²) in [6, 6.07) is 4.70. The predicted molar refractivity (Wildman–Crippen MR) is 130 cm³/mol. The Hall–Kier alpha value is -0.400. The standard InChI is InChI=1S/C22H21.2CH3.2ClH.H2Si.Zr/c1-13-9-10-18-11-19-12-20(17-7-5-6-8-17)15(3)16(4)22(19)21(18)14(13)2;;;;;;/h5-7,9-10H,8,11H2,1-4H3;2*1H3;2*1H;1H2;. The van der Waals surface area contributed by atoms with E-state index in [9.17, 15) is 0 Å². The van der Waals surface area contributed by atoms with E-state index in [1.54, 1.807) is 36.7 Å². The van der Waals surface area contributed by atoms with Gasteiger partial charge < -0.3 is 0 Å². The zero-order chi connectivity index (χ0) is 18.8. The first-order valence-corrected chi connectivity index (χ1v) is 21.8. The van der Waals surface area contributed by atoms with Gasteiger partial charge >= 0.3 is 165 Å². The van der Waals surface area contributed by atoms with Crippen LogP contribution in [0.4, 0.5) is 0 Å². The summed E-state index contributed by atoms with van der Waals surface area (Å²) in [5.74, 6) is 0. The van der Waals surface area contributed by atoms with Crippen LogP contribution < -0.4 is 3.27 Å². The Kier molecular flexibility index (Phi) is 7.15. The van der Waals surface area contributed by atoms with Crippen LogP contribution in [-0.4, -0.2) is 6.88 Å². The van der Waals surface area contributed by atoms with Crippen LogP contribution in [0.3, 0.4) is 0 Å². The maximum atomic E-state index is 2.60. The van der Waals surface area contributed by atoms with Gasteiger partial charge in [-0.2, -0.15) is 0 Å². The molecule has 4 rings (SSSR count). The van der Waals surface area contributed by atoms with Gasteiger partial charge in [0, 0.05) is 0 Å². The van der Waals surface area contributed by atoms with E-state index in [1.807, 2.05) is 0 Å². The molecule has 0 aromatic heterocycles. The van der Waals surface area contributed by atoms with Gasteiger partial charge in [-0.05, 0) is 0 Å². The second-order valence-corrected chi connectivity index (χ2v) is 29.7. The molecule has 149 valence electrons. The van der Waals surface area contributed by atoms with Crippen LogP contribution >= 0.6 is 24.8 Å². The largest absolute Gasteiger partial charge is 0.147 e. The summed E-state index contributed by atoms with van der Waals surface area (Å²) in [6.07, 6.45) is 9.14. The van der Waals surface area contributed by atoms with Crippen LogP contribution in [-0.2, 0) is 25.3 Å². The van der Waals surface area contributed by atoms with Gasteiger partial charge in [-0.25, -0.2) is 0 Å². The molecule has 28 heavy (non-hydrogen) atoms. The van der Waals surface area contributed by atoms with E-state index in [0.29, 0.717) is 0 Å². The molecule has 0 N–H and O–H groups in total. The van der Waals surface area contributed by atoms with Crippen LogP contribution in [0.15, 0.2) is 30.4 Å². The third kappa shape index (κ3) is 3.60. The molecule has 0 saturated carbocycles. The van der Waals surface area contributed by atoms with Crippen molar-refractivity contribution in [1.82, 2.24) is 0 Å². The van der Waals surface area contributed by atoms with Gasteiger partial charge in [-0.3, -0.25) is 0 Å². The maximum Gasteiger partial charge on any atom is -0.147 e. The molecule has 2 aliphatic rings. The molecule has 0 unspecified atom stereocenters. The van der Waals surface area contributed by atoms with Gasteiger partial charge in [-0.1, -0.05) is 0 Å². The minimum atomic E-state index is -2.30. The van der Waals surface area contributed by atoms with Crippen LogP contribution in [0.25, 0.3) is 16.7 Å². The smallest absolute Gasteiger partial charge is 0.147 e. The third-order valence-electron chi connectivity index (χ3n) is 6.37. The van der Waals surface area contributed by atoms with E-state index >= 15 is 0 Å². The number of hydrogen-bond donors (Lipinski definition) is 0. The molecule has 0 heterocycles. The second-order valence-electron chi connectivity index (χ2n) is 8.78. The summed E-state index contributed by atoms with van der Waals surface area (Å²) in [7, 11) is 0. The summed E-state index contributed by atoms with van der Waals surface area (Å²) in [5, 5.41) is 0. The Morgan fingerprint density at radius 2 is 1.50 bits per heavy atom. The number of hydrogen-bond acceptors (Lipinski definition) is 0. The predicted octanol–water partition coefficient (Wildman–Crippen LogP) is 6.10. The van der Waals surface area contributed by atoms with Gasteiger partial charge in [0.1, 0.15) is 0 Å². The van der Waals surface area contributed by atoms with E-state index in [-0.39, 0.29) is 24.8 Å². The Labute approximate surface area is 188 Å². The minimum absolute atomic E-state index is 0. The molecule has 0 bridgehead atoms. The molecule has 0 fully saturated rings. The van der Waals surface area contributed by atoms with E-state index in [4.69, 9.17) is 0 Å². The first kappa shape index (κ1) is 23.9. The zero-order valence-electron chi connectivity index (χ0n) is 17.8. The van der Waals surface area contributed by atoms with Gasteiger partial charge in [0.25, 0.3) is 0 Å². The monoisotopic (exact) mass is 507 g/mol. The van der Waals surface area contributed by atoms with Crippen molar-refractivity contribution in [1.29, 1.82) is 0 Å². The molecule has 0 amide bonds. The molecule has 2 aromatic carbocycles. The molecule has 0 atom stereocenters. The number of rotatable bonds is 2. The average Bonchev–Trinajstić information content (AvgIpc) is 3.20. The van der Waals surface area contributed by atoms with Gasteiger partial charge in [0.05, 0.1) is 0 Å². The van der Waals surface area contributed by atoms with Crippen molar-refractivity contribution < 1.29 is 18.9 Å². The van der Waals surface area contributed by atoms with Crippen LogP contribution in [0.2, 0.25) is 9.26 Å².